The highest BCUT2D eigenvalue weighted by Crippen LogP contribution is 2.23. The van der Waals surface area contributed by atoms with Gasteiger partial charge in [0.15, 0.2) is 0 Å². The smallest absolute Gasteiger partial charge is 0.340 e. The molecule has 2 rings (SSSR count). The van der Waals surface area contributed by atoms with Gasteiger partial charge < -0.3 is 4.74 Å². The lowest BCUT2D eigenvalue weighted by molar-refractivity contribution is -0.385. The number of esters is 1. The molecule has 0 unspecified atom stereocenters. The summed E-state index contributed by atoms with van der Waals surface area (Å²) in [6, 6.07) is 8.99. The Balaban J connectivity index is 2.14. The molecular weight excluding hydrogens is 328 g/mol. The third-order valence-corrected chi connectivity index (χ3v) is 3.20. The van der Waals surface area contributed by atoms with Crippen molar-refractivity contribution in [2.75, 3.05) is 0 Å². The molecule has 9 heteroatoms. The standard InChI is InChI=1S/C14H9ClN2O6/c15-13-5-4-11(17(21)22)7-12(13)14(18)23-8-9-2-1-3-10(6-9)16(19)20/h1-7H,8H2. The second-order valence-electron chi connectivity index (χ2n) is 4.42. The number of carbonyl (C=O) groups excluding carboxylic acids is 1. The van der Waals surface area contributed by atoms with Gasteiger partial charge in [-0.3, -0.25) is 20.2 Å². The molecule has 0 saturated carbocycles. The Labute approximate surface area is 134 Å². The lowest BCUT2D eigenvalue weighted by Gasteiger charge is -2.06. The minimum Gasteiger partial charge on any atom is -0.457 e. The first-order chi connectivity index (χ1) is 10.9. The third kappa shape index (κ3) is 4.01. The van der Waals surface area contributed by atoms with E-state index in [1.54, 1.807) is 6.07 Å². The van der Waals surface area contributed by atoms with Crippen LogP contribution in [0.3, 0.4) is 0 Å². The van der Waals surface area contributed by atoms with E-state index in [4.69, 9.17) is 16.3 Å². The van der Waals surface area contributed by atoms with Gasteiger partial charge in [0.25, 0.3) is 11.4 Å². The lowest BCUT2D eigenvalue weighted by atomic mass is 10.2. The van der Waals surface area contributed by atoms with E-state index in [1.165, 1.54) is 30.3 Å². The number of carbonyl (C=O) groups is 1. The highest BCUT2D eigenvalue weighted by Gasteiger charge is 2.17. The van der Waals surface area contributed by atoms with Crippen molar-refractivity contribution in [3.05, 3.63) is 78.8 Å². The topological polar surface area (TPSA) is 113 Å². The van der Waals surface area contributed by atoms with E-state index in [0.717, 1.165) is 6.07 Å². The first-order valence-electron chi connectivity index (χ1n) is 6.23. The van der Waals surface area contributed by atoms with Crippen molar-refractivity contribution < 1.29 is 19.4 Å². The van der Waals surface area contributed by atoms with Gasteiger partial charge in [-0.2, -0.15) is 0 Å². The molecule has 2 aromatic carbocycles. The van der Waals surface area contributed by atoms with Crippen LogP contribution in [0.2, 0.25) is 5.02 Å². The average molecular weight is 337 g/mol. The molecule has 0 heterocycles. The van der Waals surface area contributed by atoms with Gasteiger partial charge >= 0.3 is 5.97 Å². The Morgan fingerprint density at radius 3 is 2.35 bits per heavy atom. The molecule has 118 valence electrons. The summed E-state index contributed by atoms with van der Waals surface area (Å²) in [5.41, 5.74) is -0.163. The van der Waals surface area contributed by atoms with Crippen LogP contribution in [0.4, 0.5) is 11.4 Å². The molecule has 0 bridgehead atoms. The fraction of sp³-hybridized carbons (Fsp3) is 0.0714. The minimum absolute atomic E-state index is 0.0136. The van der Waals surface area contributed by atoms with Crippen LogP contribution in [0.15, 0.2) is 42.5 Å². The molecule has 0 saturated heterocycles. The summed E-state index contributed by atoms with van der Waals surface area (Å²) in [5, 5.41) is 21.4. The van der Waals surface area contributed by atoms with E-state index in [-0.39, 0.29) is 28.6 Å². The van der Waals surface area contributed by atoms with E-state index in [9.17, 15) is 25.0 Å². The summed E-state index contributed by atoms with van der Waals surface area (Å²) in [6.45, 7) is -0.223. The van der Waals surface area contributed by atoms with Gasteiger partial charge in [0.05, 0.1) is 20.4 Å². The number of nitro groups is 2. The zero-order valence-corrected chi connectivity index (χ0v) is 12.2. The summed E-state index contributed by atoms with van der Waals surface area (Å²) in [5.74, 6) is -0.856. The van der Waals surface area contributed by atoms with Crippen LogP contribution in [-0.2, 0) is 11.3 Å². The fourth-order valence-electron chi connectivity index (χ4n) is 1.77. The average Bonchev–Trinajstić information content (AvgIpc) is 2.53. The quantitative estimate of drug-likeness (QED) is 0.469. The summed E-state index contributed by atoms with van der Waals surface area (Å²) >= 11 is 5.83. The molecule has 0 aliphatic rings. The molecule has 0 atom stereocenters. The molecule has 2 aromatic rings. The molecule has 0 aliphatic carbocycles. The van der Waals surface area contributed by atoms with Crippen molar-refractivity contribution in [2.45, 2.75) is 6.61 Å². The molecule has 0 spiro atoms. The van der Waals surface area contributed by atoms with Crippen LogP contribution >= 0.6 is 11.6 Å². The first-order valence-corrected chi connectivity index (χ1v) is 6.60. The van der Waals surface area contributed by atoms with Gasteiger partial charge in [-0.1, -0.05) is 23.7 Å². The second kappa shape index (κ2) is 6.84. The minimum atomic E-state index is -0.856. The molecular formula is C14H9ClN2O6. The van der Waals surface area contributed by atoms with Crippen LogP contribution in [-0.4, -0.2) is 15.8 Å². The van der Waals surface area contributed by atoms with E-state index >= 15 is 0 Å². The monoisotopic (exact) mass is 336 g/mol. The Morgan fingerprint density at radius 1 is 1.04 bits per heavy atom. The fourth-order valence-corrected chi connectivity index (χ4v) is 1.96. The number of nitro benzene ring substituents is 2. The van der Waals surface area contributed by atoms with Crippen molar-refractivity contribution in [2.24, 2.45) is 0 Å². The van der Waals surface area contributed by atoms with Crippen LogP contribution in [0.5, 0.6) is 0 Å². The summed E-state index contributed by atoms with van der Waals surface area (Å²) in [7, 11) is 0. The summed E-state index contributed by atoms with van der Waals surface area (Å²) in [4.78, 5) is 32.1. The molecule has 0 aromatic heterocycles. The number of ether oxygens (including phenoxy) is 1. The largest absolute Gasteiger partial charge is 0.457 e. The Bertz CT molecular complexity index is 793. The van der Waals surface area contributed by atoms with Crippen LogP contribution in [0.25, 0.3) is 0 Å². The highest BCUT2D eigenvalue weighted by atomic mass is 35.5. The zero-order valence-electron chi connectivity index (χ0n) is 11.5. The van der Waals surface area contributed by atoms with Crippen LogP contribution in [0.1, 0.15) is 15.9 Å². The Kier molecular flexibility index (Phi) is 4.87. The molecule has 0 aliphatic heterocycles. The first kappa shape index (κ1) is 16.4. The number of non-ortho nitro benzene ring substituents is 2. The van der Waals surface area contributed by atoms with Gasteiger partial charge in [0.1, 0.15) is 6.61 Å². The summed E-state index contributed by atoms with van der Waals surface area (Å²) < 4.78 is 5.00. The summed E-state index contributed by atoms with van der Waals surface area (Å²) in [6.07, 6.45) is 0. The predicted molar refractivity (Wildman–Crippen MR) is 80.3 cm³/mol. The molecule has 0 N–H and O–H groups in total. The van der Waals surface area contributed by atoms with Gasteiger partial charge in [0.2, 0.25) is 0 Å². The van der Waals surface area contributed by atoms with Gasteiger partial charge in [0, 0.05) is 24.3 Å². The molecule has 23 heavy (non-hydrogen) atoms. The SMILES string of the molecule is O=C(OCc1cccc([N+](=O)[O-])c1)c1cc([N+](=O)[O-])ccc1Cl. The Hall–Kier alpha value is -3.00. The van der Waals surface area contributed by atoms with Crippen molar-refractivity contribution in [3.63, 3.8) is 0 Å². The number of rotatable bonds is 5. The number of hydrogen-bond acceptors (Lipinski definition) is 6. The normalized spacial score (nSPS) is 10.1. The maximum atomic E-state index is 12.0. The van der Waals surface area contributed by atoms with E-state index in [1.807, 2.05) is 0 Å². The van der Waals surface area contributed by atoms with Crippen molar-refractivity contribution in [1.29, 1.82) is 0 Å². The number of benzene rings is 2. The number of halogens is 1. The van der Waals surface area contributed by atoms with E-state index in [2.05, 4.69) is 0 Å². The predicted octanol–water partition coefficient (Wildman–Crippen LogP) is 3.51. The maximum Gasteiger partial charge on any atom is 0.340 e. The lowest BCUT2D eigenvalue weighted by Crippen LogP contribution is -2.07. The maximum absolute atomic E-state index is 12.0. The Morgan fingerprint density at radius 2 is 1.70 bits per heavy atom. The van der Waals surface area contributed by atoms with E-state index in [0.29, 0.717) is 5.56 Å². The van der Waals surface area contributed by atoms with Gasteiger partial charge in [-0.25, -0.2) is 4.79 Å². The van der Waals surface area contributed by atoms with Crippen molar-refractivity contribution in [3.8, 4) is 0 Å². The third-order valence-electron chi connectivity index (χ3n) is 2.87. The van der Waals surface area contributed by atoms with Crippen LogP contribution < -0.4 is 0 Å². The van der Waals surface area contributed by atoms with Crippen LogP contribution in [0, 0.1) is 20.2 Å². The van der Waals surface area contributed by atoms with Crippen molar-refractivity contribution in [1.82, 2.24) is 0 Å². The highest BCUT2D eigenvalue weighted by molar-refractivity contribution is 6.33. The van der Waals surface area contributed by atoms with Crippen molar-refractivity contribution >= 4 is 28.9 Å². The molecule has 0 amide bonds. The number of nitrogens with zero attached hydrogens (tertiary/aromatic N) is 2. The van der Waals surface area contributed by atoms with Gasteiger partial charge in [-0.15, -0.1) is 0 Å². The van der Waals surface area contributed by atoms with E-state index < -0.39 is 15.8 Å². The second-order valence-corrected chi connectivity index (χ2v) is 4.83. The van der Waals surface area contributed by atoms with Gasteiger partial charge in [-0.05, 0) is 11.6 Å². The molecule has 8 nitrogen and oxygen atoms in total. The number of hydrogen-bond donors (Lipinski definition) is 0. The molecule has 0 radical (unpaired) electrons. The molecule has 0 fully saturated rings. The zero-order chi connectivity index (χ0) is 17.0.